The number of nitrogens with zero attached hydrogens (tertiary/aromatic N) is 7. The Morgan fingerprint density at radius 3 is 2.92 bits per heavy atom. The predicted molar refractivity (Wildman–Crippen MR) is 136 cm³/mol. The molecule has 2 aromatic heterocycles. The highest BCUT2D eigenvalue weighted by atomic mass is 32.2. The number of aryl methyl sites for hydroxylation is 1. The summed E-state index contributed by atoms with van der Waals surface area (Å²) in [5.41, 5.74) is 6.34. The van der Waals surface area contributed by atoms with E-state index in [4.69, 9.17) is 10.6 Å². The maximum Gasteiger partial charge on any atom is 0.352 e. The number of carboxylic acid groups (broad SMARTS) is 1. The van der Waals surface area contributed by atoms with Gasteiger partial charge in [0.05, 0.1) is 0 Å². The number of allylic oxidation sites excluding steroid dienone is 1. The first-order valence-corrected chi connectivity index (χ1v) is 13.9. The molecule has 2 aromatic rings. The van der Waals surface area contributed by atoms with Crippen molar-refractivity contribution in [1.29, 1.82) is 0 Å². The average molecular weight is 564 g/mol. The van der Waals surface area contributed by atoms with Gasteiger partial charge in [-0.1, -0.05) is 23.0 Å². The fourth-order valence-electron chi connectivity index (χ4n) is 3.91. The van der Waals surface area contributed by atoms with E-state index in [1.54, 1.807) is 12.4 Å². The number of β-lactam (4-membered cyclic amide) rings is 1. The standard InChI is InChI=1S/C20H21N9O5S3/c1-28-20(24-26-27-28)37-7-9-6-35-17-13(16(31)29(17)14(9)18(32)33)23-15(30)12(11-8-36-19(21)22-11)25-34-10-4-2-3-5-10/h2,4,8,10,13,17H,3,5-7H2,1H3,(H2,21,22)(H,23,30)(H,32,33)/b25-12-/t10?,13?,17-/m1/s1. The van der Waals surface area contributed by atoms with Crippen LogP contribution in [0.3, 0.4) is 0 Å². The number of amides is 2. The van der Waals surface area contributed by atoms with E-state index < -0.39 is 29.2 Å². The van der Waals surface area contributed by atoms with Crippen LogP contribution in [0, 0.1) is 0 Å². The molecule has 5 rings (SSSR count). The van der Waals surface area contributed by atoms with E-state index in [0.717, 1.165) is 24.2 Å². The Balaban J connectivity index is 1.31. The SMILES string of the molecule is Cn1nnnc1SCC1=C(C(=O)O)N2C(=O)C(NC(=O)/C(=N\OC3C=CCC3)c3csc(N)n3)[C@H]2SC1. The lowest BCUT2D eigenvalue weighted by atomic mass is 10.0. The van der Waals surface area contributed by atoms with Crippen molar-refractivity contribution >= 4 is 63.5 Å². The molecule has 4 N–H and O–H groups in total. The van der Waals surface area contributed by atoms with E-state index in [2.05, 4.69) is 31.0 Å². The molecule has 1 aliphatic carbocycles. The maximum atomic E-state index is 13.2. The number of nitrogens with two attached hydrogens (primary N) is 1. The number of carboxylic acids is 1. The minimum atomic E-state index is -1.21. The molecule has 0 saturated carbocycles. The third-order valence-corrected chi connectivity index (χ3v) is 8.83. The van der Waals surface area contributed by atoms with E-state index in [9.17, 15) is 19.5 Å². The molecule has 2 amide bonds. The highest BCUT2D eigenvalue weighted by Crippen LogP contribution is 2.41. The number of aliphatic carboxylic acids is 1. The second kappa shape index (κ2) is 10.5. The third kappa shape index (κ3) is 5.05. The van der Waals surface area contributed by atoms with Gasteiger partial charge in [0.1, 0.15) is 28.9 Å². The van der Waals surface area contributed by atoms with Crippen molar-refractivity contribution in [2.45, 2.75) is 35.5 Å². The number of anilines is 1. The number of nitrogens with one attached hydrogen (secondary N) is 1. The van der Waals surface area contributed by atoms with Crippen LogP contribution in [0.25, 0.3) is 0 Å². The van der Waals surface area contributed by atoms with Crippen LogP contribution in [0.4, 0.5) is 5.13 Å². The number of tetrazole rings is 1. The van der Waals surface area contributed by atoms with Gasteiger partial charge in [-0.05, 0) is 34.9 Å². The molecule has 0 aromatic carbocycles. The molecular weight excluding hydrogens is 542 g/mol. The molecule has 0 radical (unpaired) electrons. The van der Waals surface area contributed by atoms with Crippen LogP contribution in [-0.4, -0.2) is 87.7 Å². The summed E-state index contributed by atoms with van der Waals surface area (Å²) in [4.78, 5) is 49.2. The van der Waals surface area contributed by atoms with Crippen molar-refractivity contribution in [1.82, 2.24) is 35.4 Å². The van der Waals surface area contributed by atoms with E-state index in [-0.39, 0.29) is 28.3 Å². The summed E-state index contributed by atoms with van der Waals surface area (Å²) >= 11 is 3.78. The molecule has 194 valence electrons. The Morgan fingerprint density at radius 2 is 2.27 bits per heavy atom. The molecule has 2 aliphatic heterocycles. The number of carbonyl (C=O) groups excluding carboxylic acids is 2. The van der Waals surface area contributed by atoms with Crippen LogP contribution in [-0.2, 0) is 26.3 Å². The van der Waals surface area contributed by atoms with Crippen LogP contribution in [0.1, 0.15) is 18.5 Å². The van der Waals surface area contributed by atoms with Crippen LogP contribution >= 0.6 is 34.9 Å². The fraction of sp³-hybridized carbons (Fsp3) is 0.400. The number of carbonyl (C=O) groups is 3. The second-order valence-corrected chi connectivity index (χ2v) is 11.1. The van der Waals surface area contributed by atoms with Gasteiger partial charge in [0.25, 0.3) is 11.8 Å². The molecule has 14 nitrogen and oxygen atoms in total. The van der Waals surface area contributed by atoms with Gasteiger partial charge in [0, 0.05) is 23.9 Å². The van der Waals surface area contributed by atoms with Gasteiger partial charge < -0.3 is 21.0 Å². The number of rotatable bonds is 9. The largest absolute Gasteiger partial charge is 0.477 e. The third-order valence-electron chi connectivity index (χ3n) is 5.72. The summed E-state index contributed by atoms with van der Waals surface area (Å²) in [7, 11) is 1.68. The topological polar surface area (TPSA) is 191 Å². The molecule has 1 fully saturated rings. The number of thioether (sulfide) groups is 2. The number of hydrogen-bond acceptors (Lipinski definition) is 13. The van der Waals surface area contributed by atoms with Crippen LogP contribution in [0.15, 0.2) is 39.1 Å². The highest BCUT2D eigenvalue weighted by molar-refractivity contribution is 8.01. The summed E-state index contributed by atoms with van der Waals surface area (Å²) in [6.45, 7) is 0. The van der Waals surface area contributed by atoms with E-state index in [1.807, 2.05) is 12.2 Å². The second-order valence-electron chi connectivity index (χ2n) is 8.15. The van der Waals surface area contributed by atoms with Crippen LogP contribution in [0.2, 0.25) is 0 Å². The van der Waals surface area contributed by atoms with Gasteiger partial charge in [-0.2, -0.15) is 0 Å². The summed E-state index contributed by atoms with van der Waals surface area (Å²) in [5.74, 6) is -1.74. The Bertz CT molecular complexity index is 1340. The molecule has 3 atom stereocenters. The Morgan fingerprint density at radius 1 is 1.43 bits per heavy atom. The molecule has 2 unspecified atom stereocenters. The van der Waals surface area contributed by atoms with Crippen molar-refractivity contribution in [3.63, 3.8) is 0 Å². The smallest absolute Gasteiger partial charge is 0.352 e. The van der Waals surface area contributed by atoms with E-state index in [0.29, 0.717) is 22.2 Å². The van der Waals surface area contributed by atoms with E-state index >= 15 is 0 Å². The molecular formula is C20H21N9O5S3. The van der Waals surface area contributed by atoms with Crippen molar-refractivity contribution in [3.05, 3.63) is 34.5 Å². The monoisotopic (exact) mass is 563 g/mol. The predicted octanol–water partition coefficient (Wildman–Crippen LogP) is 0.219. The Labute approximate surface area is 222 Å². The van der Waals surface area contributed by atoms with Gasteiger partial charge >= 0.3 is 5.97 Å². The zero-order chi connectivity index (χ0) is 26.1. The molecule has 4 heterocycles. The normalized spacial score (nSPS) is 23.2. The minimum absolute atomic E-state index is 0.0839. The van der Waals surface area contributed by atoms with Gasteiger partial charge in [0.2, 0.25) is 5.16 Å². The summed E-state index contributed by atoms with van der Waals surface area (Å²) in [6, 6.07) is -0.934. The molecule has 0 bridgehead atoms. The molecule has 0 spiro atoms. The number of oxime groups is 1. The summed E-state index contributed by atoms with van der Waals surface area (Å²) < 4.78 is 1.48. The van der Waals surface area contributed by atoms with Gasteiger partial charge in [-0.3, -0.25) is 14.5 Å². The number of aromatic nitrogens is 5. The van der Waals surface area contributed by atoms with Crippen molar-refractivity contribution in [3.8, 4) is 0 Å². The van der Waals surface area contributed by atoms with Gasteiger partial charge in [-0.15, -0.1) is 28.2 Å². The first kappa shape index (κ1) is 25.2. The molecule has 1 saturated heterocycles. The summed E-state index contributed by atoms with van der Waals surface area (Å²) in [5, 5.41) is 29.6. The van der Waals surface area contributed by atoms with Gasteiger partial charge in [-0.25, -0.2) is 14.5 Å². The molecule has 17 heteroatoms. The Hall–Kier alpha value is -3.44. The lowest BCUT2D eigenvalue weighted by Gasteiger charge is -2.49. The zero-order valence-corrected chi connectivity index (χ0v) is 21.8. The molecule has 3 aliphatic rings. The fourth-order valence-corrected chi connectivity index (χ4v) is 6.80. The van der Waals surface area contributed by atoms with Crippen LogP contribution in [0.5, 0.6) is 0 Å². The number of thiazole rings is 1. The first-order valence-electron chi connectivity index (χ1n) is 11.0. The van der Waals surface area contributed by atoms with Crippen molar-refractivity contribution in [2.24, 2.45) is 12.2 Å². The zero-order valence-electron chi connectivity index (χ0n) is 19.3. The Kier molecular flexibility index (Phi) is 7.16. The summed E-state index contributed by atoms with van der Waals surface area (Å²) in [6.07, 6.45) is 5.16. The lowest BCUT2D eigenvalue weighted by Crippen LogP contribution is -2.71. The molecule has 37 heavy (non-hydrogen) atoms. The number of fused-ring (bicyclic) bond motifs is 1. The first-order chi connectivity index (χ1) is 17.8. The van der Waals surface area contributed by atoms with E-state index in [1.165, 1.54) is 33.1 Å². The van der Waals surface area contributed by atoms with Gasteiger partial charge in [0.15, 0.2) is 10.8 Å². The van der Waals surface area contributed by atoms with Crippen molar-refractivity contribution in [2.75, 3.05) is 17.2 Å². The number of nitrogen functional groups attached to an aromatic ring is 1. The highest BCUT2D eigenvalue weighted by Gasteiger charge is 2.54. The maximum absolute atomic E-state index is 13.2. The van der Waals surface area contributed by atoms with Crippen LogP contribution < -0.4 is 11.1 Å². The lowest BCUT2D eigenvalue weighted by molar-refractivity contribution is -0.150. The minimum Gasteiger partial charge on any atom is -0.477 e. The quantitative estimate of drug-likeness (QED) is 0.124. The van der Waals surface area contributed by atoms with Crippen molar-refractivity contribution < 1.29 is 24.3 Å². The average Bonchev–Trinajstić information content (AvgIpc) is 3.64. The number of hydrogen-bond donors (Lipinski definition) is 3.